The highest BCUT2D eigenvalue weighted by Gasteiger charge is 2.31. The van der Waals surface area contributed by atoms with Crippen LogP contribution >= 0.6 is 11.3 Å². The van der Waals surface area contributed by atoms with Gasteiger partial charge in [-0.3, -0.25) is 5.01 Å². The molecule has 0 fully saturated rings. The van der Waals surface area contributed by atoms with Crippen molar-refractivity contribution in [1.82, 2.24) is 9.99 Å². The molecule has 2 aromatic heterocycles. The number of carboxylic acids is 1. The molecule has 1 aliphatic rings. The molecule has 1 aliphatic heterocycles. The van der Waals surface area contributed by atoms with E-state index in [2.05, 4.69) is 16.2 Å². The summed E-state index contributed by atoms with van der Waals surface area (Å²) < 4.78 is 0. The number of carboxylic acid groups (broad SMARTS) is 1. The summed E-state index contributed by atoms with van der Waals surface area (Å²) in [6.07, 6.45) is 0.789. The maximum atomic E-state index is 11.3. The predicted molar refractivity (Wildman–Crippen MR) is 83.2 cm³/mol. The number of aromatic nitrogens is 1. The minimum Gasteiger partial charge on any atom is -0.478 e. The summed E-state index contributed by atoms with van der Waals surface area (Å²) in [5.74, 6) is -0.882. The maximum absolute atomic E-state index is 11.3. The Balaban J connectivity index is 1.93. The fourth-order valence-electron chi connectivity index (χ4n) is 2.93. The van der Waals surface area contributed by atoms with Crippen LogP contribution in [0.2, 0.25) is 0 Å². The summed E-state index contributed by atoms with van der Waals surface area (Å²) in [6, 6.07) is 4.14. The first-order chi connectivity index (χ1) is 9.99. The molecule has 0 saturated carbocycles. The summed E-state index contributed by atoms with van der Waals surface area (Å²) in [5.41, 5.74) is 3.89. The molecule has 3 rings (SSSR count). The molecule has 0 aromatic carbocycles. The molecular formula is C15H17N3O2S. The molecule has 0 bridgehead atoms. The van der Waals surface area contributed by atoms with E-state index in [-0.39, 0.29) is 6.04 Å². The van der Waals surface area contributed by atoms with Gasteiger partial charge in [0.25, 0.3) is 0 Å². The molecule has 21 heavy (non-hydrogen) atoms. The third-order valence-electron chi connectivity index (χ3n) is 3.95. The molecule has 3 heterocycles. The van der Waals surface area contributed by atoms with Crippen molar-refractivity contribution in [2.45, 2.75) is 26.3 Å². The van der Waals surface area contributed by atoms with E-state index in [4.69, 9.17) is 0 Å². The Bertz CT molecular complexity index is 716. The average molecular weight is 303 g/mol. The lowest BCUT2D eigenvalue weighted by Crippen LogP contribution is -2.15. The summed E-state index contributed by atoms with van der Waals surface area (Å²) in [5, 5.41) is 17.9. The predicted octanol–water partition coefficient (Wildman–Crippen LogP) is 3.17. The average Bonchev–Trinajstić information content (AvgIpc) is 3.08. The number of carbonyl (C=O) groups is 1. The molecule has 1 unspecified atom stereocenters. The largest absolute Gasteiger partial charge is 0.478 e. The van der Waals surface area contributed by atoms with Gasteiger partial charge in [-0.1, -0.05) is 6.07 Å². The van der Waals surface area contributed by atoms with E-state index < -0.39 is 5.97 Å². The van der Waals surface area contributed by atoms with E-state index in [1.165, 1.54) is 4.88 Å². The van der Waals surface area contributed by atoms with Crippen LogP contribution in [0.3, 0.4) is 0 Å². The first-order valence-corrected chi connectivity index (χ1v) is 7.63. The van der Waals surface area contributed by atoms with Gasteiger partial charge < -0.3 is 10.1 Å². The molecule has 5 nitrogen and oxygen atoms in total. The quantitative estimate of drug-likeness (QED) is 0.915. The first-order valence-electron chi connectivity index (χ1n) is 6.75. The first kappa shape index (κ1) is 13.9. The summed E-state index contributed by atoms with van der Waals surface area (Å²) in [4.78, 5) is 15.8. The summed E-state index contributed by atoms with van der Waals surface area (Å²) in [6.45, 7) is 3.66. The SMILES string of the molecule is Cc1[nH]c(C2CC(c3cccs3)=NN2C)c(C)c1C(=O)O. The highest BCUT2D eigenvalue weighted by molar-refractivity contribution is 7.12. The van der Waals surface area contributed by atoms with Gasteiger partial charge in [0.2, 0.25) is 0 Å². The number of H-pyrrole nitrogens is 1. The van der Waals surface area contributed by atoms with Crippen LogP contribution in [-0.2, 0) is 0 Å². The molecule has 1 atom stereocenters. The Labute approximate surface area is 126 Å². The van der Waals surface area contributed by atoms with E-state index in [1.807, 2.05) is 30.4 Å². The van der Waals surface area contributed by atoms with Gasteiger partial charge in [-0.25, -0.2) is 4.79 Å². The van der Waals surface area contributed by atoms with Gasteiger partial charge in [0, 0.05) is 24.9 Å². The fourth-order valence-corrected chi connectivity index (χ4v) is 3.65. The zero-order valence-corrected chi connectivity index (χ0v) is 13.0. The van der Waals surface area contributed by atoms with Crippen LogP contribution < -0.4 is 0 Å². The van der Waals surface area contributed by atoms with Crippen LogP contribution in [0.5, 0.6) is 0 Å². The van der Waals surface area contributed by atoms with Gasteiger partial charge in [0.05, 0.1) is 22.2 Å². The van der Waals surface area contributed by atoms with Crippen LogP contribution in [-0.4, -0.2) is 33.8 Å². The number of thiophene rings is 1. The van der Waals surface area contributed by atoms with Crippen molar-refractivity contribution in [3.05, 3.63) is 44.9 Å². The van der Waals surface area contributed by atoms with Gasteiger partial charge in [0.1, 0.15) is 0 Å². The van der Waals surface area contributed by atoms with E-state index in [1.54, 1.807) is 18.3 Å². The zero-order chi connectivity index (χ0) is 15.1. The van der Waals surface area contributed by atoms with Crippen molar-refractivity contribution in [2.24, 2.45) is 5.10 Å². The minimum absolute atomic E-state index is 0.0638. The van der Waals surface area contributed by atoms with Crippen molar-refractivity contribution in [1.29, 1.82) is 0 Å². The number of nitrogens with one attached hydrogen (secondary N) is 1. The third kappa shape index (κ3) is 2.25. The maximum Gasteiger partial charge on any atom is 0.337 e. The number of nitrogens with zero attached hydrogens (tertiary/aromatic N) is 2. The van der Waals surface area contributed by atoms with Crippen LogP contribution in [0, 0.1) is 13.8 Å². The molecule has 0 amide bonds. The van der Waals surface area contributed by atoms with Crippen LogP contribution in [0.1, 0.15) is 44.6 Å². The Morgan fingerprint density at radius 2 is 2.29 bits per heavy atom. The van der Waals surface area contributed by atoms with E-state index >= 15 is 0 Å². The van der Waals surface area contributed by atoms with Gasteiger partial charge in [-0.15, -0.1) is 11.3 Å². The van der Waals surface area contributed by atoms with Crippen LogP contribution in [0.15, 0.2) is 22.6 Å². The lowest BCUT2D eigenvalue weighted by atomic mass is 10.0. The van der Waals surface area contributed by atoms with Crippen LogP contribution in [0.25, 0.3) is 0 Å². The zero-order valence-electron chi connectivity index (χ0n) is 12.2. The third-order valence-corrected chi connectivity index (χ3v) is 4.86. The van der Waals surface area contributed by atoms with E-state index in [0.717, 1.165) is 23.4 Å². The standard InChI is InChI=1S/C15H17N3O2S/c1-8-13(15(19)20)9(2)16-14(8)11-7-10(17-18(11)3)12-5-4-6-21-12/h4-6,11,16H,7H2,1-3H3,(H,19,20). The second-order valence-corrected chi connectivity index (χ2v) is 6.23. The van der Waals surface area contributed by atoms with E-state index in [0.29, 0.717) is 11.3 Å². The highest BCUT2D eigenvalue weighted by Crippen LogP contribution is 2.35. The number of hydrogen-bond donors (Lipinski definition) is 2. The molecule has 2 aromatic rings. The molecule has 110 valence electrons. The summed E-state index contributed by atoms with van der Waals surface area (Å²) >= 11 is 1.68. The lowest BCUT2D eigenvalue weighted by Gasteiger charge is -2.18. The molecule has 0 saturated heterocycles. The highest BCUT2D eigenvalue weighted by atomic mass is 32.1. The van der Waals surface area contributed by atoms with Gasteiger partial charge in [0.15, 0.2) is 0 Å². The molecule has 6 heteroatoms. The number of rotatable bonds is 3. The molecule has 2 N–H and O–H groups in total. The van der Waals surface area contributed by atoms with Crippen molar-refractivity contribution >= 4 is 23.0 Å². The molecule has 0 radical (unpaired) electrons. The van der Waals surface area contributed by atoms with E-state index in [9.17, 15) is 9.90 Å². The Morgan fingerprint density at radius 3 is 2.86 bits per heavy atom. The van der Waals surface area contributed by atoms with Crippen LogP contribution in [0.4, 0.5) is 0 Å². The minimum atomic E-state index is -0.882. The van der Waals surface area contributed by atoms with Crippen molar-refractivity contribution in [2.75, 3.05) is 7.05 Å². The molecular weight excluding hydrogens is 286 g/mol. The number of hydrazone groups is 1. The number of aromatic amines is 1. The summed E-state index contributed by atoms with van der Waals surface area (Å²) in [7, 11) is 1.93. The Kier molecular flexibility index (Phi) is 3.33. The molecule has 0 spiro atoms. The smallest absolute Gasteiger partial charge is 0.337 e. The number of aromatic carboxylic acids is 1. The normalized spacial score (nSPS) is 18.1. The van der Waals surface area contributed by atoms with Crippen molar-refractivity contribution < 1.29 is 9.90 Å². The van der Waals surface area contributed by atoms with Gasteiger partial charge >= 0.3 is 5.97 Å². The molecule has 0 aliphatic carbocycles. The number of hydrogen-bond acceptors (Lipinski definition) is 4. The Morgan fingerprint density at radius 1 is 1.52 bits per heavy atom. The monoisotopic (exact) mass is 303 g/mol. The lowest BCUT2D eigenvalue weighted by molar-refractivity contribution is 0.0695. The Hall–Kier alpha value is -2.08. The second kappa shape index (κ2) is 5.04. The van der Waals surface area contributed by atoms with Crippen molar-refractivity contribution in [3.8, 4) is 0 Å². The fraction of sp³-hybridized carbons (Fsp3) is 0.333. The van der Waals surface area contributed by atoms with Gasteiger partial charge in [-0.2, -0.15) is 5.10 Å². The van der Waals surface area contributed by atoms with Crippen molar-refractivity contribution in [3.63, 3.8) is 0 Å². The number of aryl methyl sites for hydroxylation is 1. The topological polar surface area (TPSA) is 68.7 Å². The van der Waals surface area contributed by atoms with Gasteiger partial charge in [-0.05, 0) is 30.9 Å². The second-order valence-electron chi connectivity index (χ2n) is 5.29.